The zero-order valence-corrected chi connectivity index (χ0v) is 15.5. The van der Waals surface area contributed by atoms with Crippen molar-refractivity contribution in [1.29, 1.82) is 0 Å². The van der Waals surface area contributed by atoms with Crippen molar-refractivity contribution in [3.63, 3.8) is 0 Å². The number of aliphatic imine (C=N–C) groups is 1. The molecular weight excluding hydrogens is 371 g/mol. The van der Waals surface area contributed by atoms with Gasteiger partial charge in [0.05, 0.1) is 18.7 Å². The van der Waals surface area contributed by atoms with Crippen molar-refractivity contribution in [2.24, 2.45) is 4.99 Å². The zero-order chi connectivity index (χ0) is 20.4. The molecule has 152 valence electrons. The van der Waals surface area contributed by atoms with Crippen molar-refractivity contribution >= 4 is 5.96 Å². The summed E-state index contributed by atoms with van der Waals surface area (Å²) >= 11 is 0. The van der Waals surface area contributed by atoms with Gasteiger partial charge in [-0.1, -0.05) is 30.3 Å². The van der Waals surface area contributed by atoms with E-state index in [0.717, 1.165) is 17.7 Å². The van der Waals surface area contributed by atoms with Gasteiger partial charge in [-0.25, -0.2) is 0 Å². The highest BCUT2D eigenvalue weighted by Crippen LogP contribution is 2.30. The second kappa shape index (κ2) is 10.6. The van der Waals surface area contributed by atoms with Crippen LogP contribution in [0, 0.1) is 0 Å². The molecule has 0 bridgehead atoms. The summed E-state index contributed by atoms with van der Waals surface area (Å²) in [7, 11) is 1.63. The van der Waals surface area contributed by atoms with E-state index in [-0.39, 0.29) is 19.1 Å². The van der Waals surface area contributed by atoms with Gasteiger partial charge in [0.1, 0.15) is 12.4 Å². The number of halogens is 3. The summed E-state index contributed by atoms with van der Waals surface area (Å²) in [5, 5.41) is 15.8. The lowest BCUT2D eigenvalue weighted by atomic mass is 10.0. The minimum atomic E-state index is -4.36. The summed E-state index contributed by atoms with van der Waals surface area (Å²) in [6, 6.07) is 14.2. The Balaban J connectivity index is 1.73. The van der Waals surface area contributed by atoms with Crippen LogP contribution in [0.25, 0.3) is 0 Å². The molecule has 0 aliphatic carbocycles. The number of nitrogens with zero attached hydrogens (tertiary/aromatic N) is 1. The first-order valence-electron chi connectivity index (χ1n) is 8.84. The first kappa shape index (κ1) is 21.6. The summed E-state index contributed by atoms with van der Waals surface area (Å²) < 4.78 is 43.0. The molecule has 2 rings (SSSR count). The molecule has 0 fully saturated rings. The van der Waals surface area contributed by atoms with E-state index in [1.165, 1.54) is 12.1 Å². The number of hydrogen-bond acceptors (Lipinski definition) is 3. The van der Waals surface area contributed by atoms with Crippen LogP contribution in [0.4, 0.5) is 13.2 Å². The van der Waals surface area contributed by atoms with Gasteiger partial charge in [0.15, 0.2) is 5.96 Å². The van der Waals surface area contributed by atoms with Crippen molar-refractivity contribution < 1.29 is 23.0 Å². The van der Waals surface area contributed by atoms with Gasteiger partial charge in [-0.2, -0.15) is 13.2 Å². The van der Waals surface area contributed by atoms with Crippen LogP contribution >= 0.6 is 0 Å². The zero-order valence-electron chi connectivity index (χ0n) is 15.5. The van der Waals surface area contributed by atoms with Crippen molar-refractivity contribution in [3.05, 3.63) is 65.7 Å². The SMILES string of the molecule is CN=C(NCCOc1ccc(C(F)(F)F)cc1)NCC(CO)c1ccccc1. The molecule has 0 aliphatic heterocycles. The van der Waals surface area contributed by atoms with Gasteiger partial charge in [-0.3, -0.25) is 4.99 Å². The smallest absolute Gasteiger partial charge is 0.416 e. The van der Waals surface area contributed by atoms with Crippen molar-refractivity contribution in [2.45, 2.75) is 12.1 Å². The number of aliphatic hydroxyl groups is 1. The fraction of sp³-hybridized carbons (Fsp3) is 0.350. The van der Waals surface area contributed by atoms with Gasteiger partial charge >= 0.3 is 6.18 Å². The van der Waals surface area contributed by atoms with Crippen LogP contribution in [0.1, 0.15) is 17.0 Å². The quantitative estimate of drug-likeness (QED) is 0.365. The molecule has 28 heavy (non-hydrogen) atoms. The molecule has 5 nitrogen and oxygen atoms in total. The largest absolute Gasteiger partial charge is 0.492 e. The highest BCUT2D eigenvalue weighted by Gasteiger charge is 2.29. The minimum Gasteiger partial charge on any atom is -0.492 e. The molecule has 2 aromatic rings. The predicted octanol–water partition coefficient (Wildman–Crippen LogP) is 3.03. The lowest BCUT2D eigenvalue weighted by Gasteiger charge is -2.18. The number of ether oxygens (including phenoxy) is 1. The van der Waals surface area contributed by atoms with Gasteiger partial charge in [0, 0.05) is 19.5 Å². The average Bonchev–Trinajstić information content (AvgIpc) is 2.70. The average molecular weight is 395 g/mol. The standard InChI is InChI=1S/C20H24F3N3O2/c1-24-19(26-13-16(14-27)15-5-3-2-4-6-15)25-11-12-28-18-9-7-17(8-10-18)20(21,22)23/h2-10,16,27H,11-14H2,1H3,(H2,24,25,26). The molecule has 0 radical (unpaired) electrons. The maximum absolute atomic E-state index is 12.5. The Morgan fingerprint density at radius 3 is 2.32 bits per heavy atom. The summed E-state index contributed by atoms with van der Waals surface area (Å²) in [5.74, 6) is 0.843. The predicted molar refractivity (Wildman–Crippen MR) is 103 cm³/mol. The number of aliphatic hydroxyl groups excluding tert-OH is 1. The summed E-state index contributed by atoms with van der Waals surface area (Å²) in [6.45, 7) is 1.18. The molecule has 2 aromatic carbocycles. The number of hydrogen-bond donors (Lipinski definition) is 3. The van der Waals surface area contributed by atoms with Crippen LogP contribution in [-0.4, -0.2) is 44.4 Å². The van der Waals surface area contributed by atoms with Crippen LogP contribution in [0.3, 0.4) is 0 Å². The van der Waals surface area contributed by atoms with Crippen LogP contribution in [0.5, 0.6) is 5.75 Å². The maximum atomic E-state index is 12.5. The molecule has 3 N–H and O–H groups in total. The molecule has 0 spiro atoms. The monoisotopic (exact) mass is 395 g/mol. The van der Waals surface area contributed by atoms with Crippen molar-refractivity contribution in [2.75, 3.05) is 33.4 Å². The minimum absolute atomic E-state index is 0.00500. The molecule has 0 heterocycles. The highest BCUT2D eigenvalue weighted by molar-refractivity contribution is 5.79. The molecule has 8 heteroatoms. The third-order valence-electron chi connectivity index (χ3n) is 4.08. The first-order chi connectivity index (χ1) is 13.4. The van der Waals surface area contributed by atoms with E-state index in [2.05, 4.69) is 15.6 Å². The van der Waals surface area contributed by atoms with E-state index in [9.17, 15) is 18.3 Å². The molecule has 0 aromatic heterocycles. The fourth-order valence-corrected chi connectivity index (χ4v) is 2.53. The van der Waals surface area contributed by atoms with E-state index in [0.29, 0.717) is 24.8 Å². The molecule has 0 saturated heterocycles. The van der Waals surface area contributed by atoms with Gasteiger partial charge in [0.25, 0.3) is 0 Å². The summed E-state index contributed by atoms with van der Waals surface area (Å²) in [5.41, 5.74) is 0.318. The summed E-state index contributed by atoms with van der Waals surface area (Å²) in [6.07, 6.45) is -4.36. The Bertz CT molecular complexity index is 735. The first-order valence-corrected chi connectivity index (χ1v) is 8.84. The molecular formula is C20H24F3N3O2. The van der Waals surface area contributed by atoms with E-state index < -0.39 is 11.7 Å². The maximum Gasteiger partial charge on any atom is 0.416 e. The number of nitrogens with one attached hydrogen (secondary N) is 2. The lowest BCUT2D eigenvalue weighted by molar-refractivity contribution is -0.137. The van der Waals surface area contributed by atoms with E-state index in [4.69, 9.17) is 4.74 Å². The van der Waals surface area contributed by atoms with Gasteiger partial charge < -0.3 is 20.5 Å². The third-order valence-corrected chi connectivity index (χ3v) is 4.08. The molecule has 0 aliphatic rings. The Labute approximate surface area is 162 Å². The fourth-order valence-electron chi connectivity index (χ4n) is 2.53. The molecule has 0 saturated carbocycles. The Morgan fingerprint density at radius 2 is 1.75 bits per heavy atom. The Morgan fingerprint density at radius 1 is 1.07 bits per heavy atom. The van der Waals surface area contributed by atoms with Gasteiger partial charge in [-0.05, 0) is 29.8 Å². The highest BCUT2D eigenvalue weighted by atomic mass is 19.4. The Hall–Kier alpha value is -2.74. The number of rotatable bonds is 8. The van der Waals surface area contributed by atoms with E-state index in [1.54, 1.807) is 7.05 Å². The Kier molecular flexibility index (Phi) is 8.13. The number of alkyl halides is 3. The van der Waals surface area contributed by atoms with Gasteiger partial charge in [0.2, 0.25) is 0 Å². The van der Waals surface area contributed by atoms with Crippen LogP contribution in [0.2, 0.25) is 0 Å². The second-order valence-electron chi connectivity index (χ2n) is 6.04. The second-order valence-corrected chi connectivity index (χ2v) is 6.04. The van der Waals surface area contributed by atoms with Crippen molar-refractivity contribution in [1.82, 2.24) is 10.6 Å². The van der Waals surface area contributed by atoms with Crippen LogP contribution in [0.15, 0.2) is 59.6 Å². The molecule has 1 unspecified atom stereocenters. The topological polar surface area (TPSA) is 65.9 Å². The third kappa shape index (κ3) is 6.77. The normalized spacial score (nSPS) is 13.1. The van der Waals surface area contributed by atoms with Crippen molar-refractivity contribution in [3.8, 4) is 5.75 Å². The van der Waals surface area contributed by atoms with E-state index >= 15 is 0 Å². The van der Waals surface area contributed by atoms with E-state index in [1.807, 2.05) is 30.3 Å². The summed E-state index contributed by atoms with van der Waals surface area (Å²) in [4.78, 5) is 4.10. The van der Waals surface area contributed by atoms with Crippen LogP contribution < -0.4 is 15.4 Å². The van der Waals surface area contributed by atoms with Gasteiger partial charge in [-0.15, -0.1) is 0 Å². The molecule has 1 atom stereocenters. The number of guanidine groups is 1. The number of benzene rings is 2. The molecule has 0 amide bonds. The lowest BCUT2D eigenvalue weighted by Crippen LogP contribution is -2.41. The van der Waals surface area contributed by atoms with Crippen LogP contribution in [-0.2, 0) is 6.18 Å².